The van der Waals surface area contributed by atoms with Gasteiger partial charge in [0.25, 0.3) is 17.3 Å². The van der Waals surface area contributed by atoms with Crippen LogP contribution in [0, 0.1) is 0 Å². The molecule has 0 bridgehead atoms. The molecule has 98 valence electrons. The van der Waals surface area contributed by atoms with E-state index in [-0.39, 0.29) is 11.5 Å². The summed E-state index contributed by atoms with van der Waals surface area (Å²) in [7, 11) is 0. The van der Waals surface area contributed by atoms with Gasteiger partial charge in [-0.1, -0.05) is 5.16 Å². The summed E-state index contributed by atoms with van der Waals surface area (Å²) >= 11 is 2.99. The molecule has 2 amide bonds. The highest BCUT2D eigenvalue weighted by Crippen LogP contribution is 2.01. The minimum atomic E-state index is -0.749. The van der Waals surface area contributed by atoms with E-state index >= 15 is 0 Å². The Labute approximate surface area is 113 Å². The van der Waals surface area contributed by atoms with Gasteiger partial charge >= 0.3 is 5.91 Å². The molecule has 0 aliphatic rings. The summed E-state index contributed by atoms with van der Waals surface area (Å²) in [4.78, 5) is 40.1. The first-order valence-corrected chi connectivity index (χ1v) is 5.63. The molecular weight excluding hydrogens is 322 g/mol. The van der Waals surface area contributed by atoms with Crippen LogP contribution in [-0.4, -0.2) is 26.9 Å². The topological polar surface area (TPSA) is 130 Å². The Morgan fingerprint density at radius 1 is 1.26 bits per heavy atom. The summed E-state index contributed by atoms with van der Waals surface area (Å²) in [5.41, 5.74) is 3.67. The van der Waals surface area contributed by atoms with Gasteiger partial charge in [-0.25, -0.2) is 0 Å². The molecule has 0 aromatic carbocycles. The Kier molecular flexibility index (Phi) is 3.71. The molecule has 0 unspecified atom stereocenters. The van der Waals surface area contributed by atoms with Crippen LogP contribution in [0.15, 0.2) is 32.3 Å². The van der Waals surface area contributed by atoms with E-state index in [0.717, 1.165) is 6.39 Å². The number of aromatic nitrogens is 3. The first-order valence-electron chi connectivity index (χ1n) is 4.84. The molecule has 2 rings (SSSR count). The molecular formula is C9H6BrN5O4. The maximum atomic E-state index is 11.6. The highest BCUT2D eigenvalue weighted by atomic mass is 79.9. The number of hydrogen-bond donors (Lipinski definition) is 3. The predicted octanol–water partition coefficient (Wildman–Crippen LogP) is -0.405. The first kappa shape index (κ1) is 13.0. The van der Waals surface area contributed by atoms with Crippen molar-refractivity contribution in [2.24, 2.45) is 0 Å². The monoisotopic (exact) mass is 327 g/mol. The van der Waals surface area contributed by atoms with Gasteiger partial charge in [0.15, 0.2) is 0 Å². The van der Waals surface area contributed by atoms with Gasteiger partial charge in [-0.15, -0.1) is 0 Å². The van der Waals surface area contributed by atoms with Crippen LogP contribution in [0.5, 0.6) is 0 Å². The van der Waals surface area contributed by atoms with Crippen molar-refractivity contribution in [2.45, 2.75) is 0 Å². The molecule has 2 heterocycles. The van der Waals surface area contributed by atoms with Gasteiger partial charge in [0, 0.05) is 0 Å². The van der Waals surface area contributed by atoms with Crippen LogP contribution in [0.25, 0.3) is 0 Å². The van der Waals surface area contributed by atoms with Gasteiger partial charge in [-0.05, 0) is 28.1 Å². The summed E-state index contributed by atoms with van der Waals surface area (Å²) < 4.78 is 4.66. The molecule has 3 N–H and O–H groups in total. The average molecular weight is 328 g/mol. The Morgan fingerprint density at radius 2 is 2.00 bits per heavy atom. The lowest BCUT2D eigenvalue weighted by Crippen LogP contribution is -2.42. The van der Waals surface area contributed by atoms with Crippen molar-refractivity contribution in [1.29, 1.82) is 0 Å². The zero-order chi connectivity index (χ0) is 13.8. The fourth-order valence-corrected chi connectivity index (χ4v) is 1.33. The molecule has 0 fully saturated rings. The second kappa shape index (κ2) is 5.44. The molecule has 0 aliphatic heterocycles. The number of hydrogen-bond acceptors (Lipinski definition) is 6. The van der Waals surface area contributed by atoms with E-state index in [1.165, 1.54) is 12.1 Å². The van der Waals surface area contributed by atoms with Crippen molar-refractivity contribution in [1.82, 2.24) is 26.0 Å². The van der Waals surface area contributed by atoms with Crippen LogP contribution in [0.3, 0.4) is 0 Å². The van der Waals surface area contributed by atoms with Gasteiger partial charge in [-0.2, -0.15) is 4.98 Å². The number of carbonyl (C=O) groups excluding carboxylic acids is 2. The number of hydrazine groups is 1. The first-order chi connectivity index (χ1) is 9.08. The van der Waals surface area contributed by atoms with Crippen LogP contribution in [-0.2, 0) is 0 Å². The lowest BCUT2D eigenvalue weighted by Gasteiger charge is -2.04. The lowest BCUT2D eigenvalue weighted by atomic mass is 10.3. The summed E-state index contributed by atoms with van der Waals surface area (Å²) in [5.74, 6) is -1.67. The quantitative estimate of drug-likeness (QED) is 0.643. The van der Waals surface area contributed by atoms with E-state index in [2.05, 4.69) is 46.4 Å². The molecule has 0 radical (unpaired) electrons. The number of aromatic amines is 1. The van der Waals surface area contributed by atoms with Crippen LogP contribution in [0.4, 0.5) is 0 Å². The molecule has 2 aromatic heterocycles. The fourth-order valence-electron chi connectivity index (χ4n) is 1.10. The zero-order valence-corrected chi connectivity index (χ0v) is 10.7. The number of H-pyrrole nitrogens is 1. The molecule has 0 saturated heterocycles. The number of halogens is 1. The zero-order valence-electron chi connectivity index (χ0n) is 9.14. The van der Waals surface area contributed by atoms with E-state index in [4.69, 9.17) is 0 Å². The van der Waals surface area contributed by atoms with Crippen molar-refractivity contribution in [3.05, 3.63) is 44.9 Å². The number of rotatable bonds is 2. The number of nitrogens with one attached hydrogen (secondary N) is 3. The number of nitrogens with zero attached hydrogens (tertiary/aromatic N) is 2. The molecule has 0 aliphatic carbocycles. The lowest BCUT2D eigenvalue weighted by molar-refractivity contribution is 0.0836. The SMILES string of the molecule is O=C(NNC(=O)c1ccc(Br)c(=O)[nH]1)c1ncon1. The van der Waals surface area contributed by atoms with Crippen molar-refractivity contribution < 1.29 is 14.1 Å². The Balaban J connectivity index is 2.00. The summed E-state index contributed by atoms with van der Waals surface area (Å²) in [5, 5.41) is 3.28. The minimum Gasteiger partial charge on any atom is -0.342 e. The molecule has 0 saturated carbocycles. The number of amides is 2. The molecule has 0 spiro atoms. The van der Waals surface area contributed by atoms with Crippen molar-refractivity contribution in [3.63, 3.8) is 0 Å². The van der Waals surface area contributed by atoms with Crippen LogP contribution in [0.1, 0.15) is 21.1 Å². The smallest absolute Gasteiger partial charge is 0.311 e. The normalized spacial score (nSPS) is 9.95. The third-order valence-electron chi connectivity index (χ3n) is 1.96. The second-order valence-corrected chi connectivity index (χ2v) is 4.07. The van der Waals surface area contributed by atoms with E-state index in [1.807, 2.05) is 0 Å². The van der Waals surface area contributed by atoms with Gasteiger partial charge < -0.3 is 9.51 Å². The maximum absolute atomic E-state index is 11.6. The minimum absolute atomic E-state index is 0.0124. The maximum Gasteiger partial charge on any atom is 0.311 e. The average Bonchev–Trinajstić information content (AvgIpc) is 2.92. The molecule has 2 aromatic rings. The van der Waals surface area contributed by atoms with Gasteiger partial charge in [-0.3, -0.25) is 25.2 Å². The van der Waals surface area contributed by atoms with Gasteiger partial charge in [0.1, 0.15) is 5.69 Å². The van der Waals surface area contributed by atoms with E-state index in [1.54, 1.807) is 0 Å². The summed E-state index contributed by atoms with van der Waals surface area (Å²) in [6, 6.07) is 2.79. The third kappa shape index (κ3) is 3.04. The van der Waals surface area contributed by atoms with E-state index < -0.39 is 17.4 Å². The third-order valence-corrected chi connectivity index (χ3v) is 2.58. The highest BCUT2D eigenvalue weighted by molar-refractivity contribution is 9.10. The molecule has 10 heteroatoms. The van der Waals surface area contributed by atoms with Crippen LogP contribution >= 0.6 is 15.9 Å². The van der Waals surface area contributed by atoms with Gasteiger partial charge in [0.05, 0.1) is 4.47 Å². The van der Waals surface area contributed by atoms with Crippen LogP contribution in [0.2, 0.25) is 0 Å². The largest absolute Gasteiger partial charge is 0.342 e. The van der Waals surface area contributed by atoms with Crippen LogP contribution < -0.4 is 16.4 Å². The van der Waals surface area contributed by atoms with Crippen molar-refractivity contribution in [3.8, 4) is 0 Å². The van der Waals surface area contributed by atoms with Crippen molar-refractivity contribution in [2.75, 3.05) is 0 Å². The van der Waals surface area contributed by atoms with E-state index in [9.17, 15) is 14.4 Å². The highest BCUT2D eigenvalue weighted by Gasteiger charge is 2.13. The van der Waals surface area contributed by atoms with Crippen molar-refractivity contribution >= 4 is 27.7 Å². The second-order valence-electron chi connectivity index (χ2n) is 3.21. The fraction of sp³-hybridized carbons (Fsp3) is 0. The standard InChI is InChI=1S/C9H6BrN5O4/c10-4-1-2-5(12-7(4)16)8(17)13-14-9(18)6-11-3-19-15-6/h1-3H,(H,12,16)(H,13,17)(H,14,18). The molecule has 19 heavy (non-hydrogen) atoms. The Hall–Kier alpha value is -2.49. The summed E-state index contributed by atoms with van der Waals surface area (Å²) in [6.45, 7) is 0. The Morgan fingerprint density at radius 3 is 2.63 bits per heavy atom. The number of pyridine rings is 1. The summed E-state index contributed by atoms with van der Waals surface area (Å²) in [6.07, 6.45) is 0.975. The van der Waals surface area contributed by atoms with Gasteiger partial charge in [0.2, 0.25) is 6.39 Å². The molecule has 9 nitrogen and oxygen atoms in total. The van der Waals surface area contributed by atoms with E-state index in [0.29, 0.717) is 4.47 Å². The predicted molar refractivity (Wildman–Crippen MR) is 64.0 cm³/mol. The molecule has 0 atom stereocenters. The number of carbonyl (C=O) groups is 2. The Bertz CT molecular complexity index is 665.